The minimum Gasteiger partial charge on any atom is -0.278 e. The van der Waals surface area contributed by atoms with E-state index in [-0.39, 0.29) is 15.7 Å². The van der Waals surface area contributed by atoms with E-state index in [1.165, 1.54) is 30.7 Å². The third-order valence-electron chi connectivity index (χ3n) is 2.02. The van der Waals surface area contributed by atoms with Crippen LogP contribution in [-0.4, -0.2) is 18.4 Å². The second-order valence-corrected chi connectivity index (χ2v) is 6.80. The molecule has 0 fully saturated rings. The summed E-state index contributed by atoms with van der Waals surface area (Å²) in [6, 6.07) is 2.79. The highest BCUT2D eigenvalue weighted by atomic mass is 79.9. The van der Waals surface area contributed by atoms with Crippen LogP contribution in [0.25, 0.3) is 0 Å². The van der Waals surface area contributed by atoms with Gasteiger partial charge in [-0.1, -0.05) is 23.2 Å². The van der Waals surface area contributed by atoms with Gasteiger partial charge in [0.2, 0.25) is 0 Å². The molecule has 19 heavy (non-hydrogen) atoms. The van der Waals surface area contributed by atoms with Gasteiger partial charge in [-0.05, 0) is 28.1 Å². The van der Waals surface area contributed by atoms with E-state index in [1.807, 2.05) is 0 Å². The highest BCUT2D eigenvalue weighted by Crippen LogP contribution is 2.25. The summed E-state index contributed by atoms with van der Waals surface area (Å²) < 4.78 is 27.1. The highest BCUT2D eigenvalue weighted by Gasteiger charge is 2.19. The Balaban J connectivity index is 2.40. The lowest BCUT2D eigenvalue weighted by atomic mass is 10.4. The van der Waals surface area contributed by atoms with Crippen LogP contribution in [0.3, 0.4) is 0 Å². The summed E-state index contributed by atoms with van der Waals surface area (Å²) in [4.78, 5) is 7.41. The Morgan fingerprint density at radius 3 is 2.58 bits per heavy atom. The molecule has 5 nitrogen and oxygen atoms in total. The fourth-order valence-electron chi connectivity index (χ4n) is 1.27. The quantitative estimate of drug-likeness (QED) is 0.826. The van der Waals surface area contributed by atoms with Crippen molar-refractivity contribution in [3.8, 4) is 0 Å². The molecule has 0 aliphatic heterocycles. The van der Waals surface area contributed by atoms with Crippen molar-refractivity contribution < 1.29 is 8.42 Å². The molecule has 0 saturated carbocycles. The molecule has 2 heterocycles. The van der Waals surface area contributed by atoms with E-state index in [4.69, 9.17) is 23.2 Å². The average molecular weight is 383 g/mol. The first-order chi connectivity index (χ1) is 8.88. The number of hydrogen-bond donors (Lipinski definition) is 1. The molecule has 0 aliphatic carbocycles. The summed E-state index contributed by atoms with van der Waals surface area (Å²) in [5, 5.41) is 0.198. The first kappa shape index (κ1) is 14.5. The maximum Gasteiger partial charge on any atom is 0.265 e. The minimum absolute atomic E-state index is 0.120. The number of rotatable bonds is 3. The van der Waals surface area contributed by atoms with Crippen LogP contribution in [0.4, 0.5) is 5.69 Å². The van der Waals surface area contributed by atoms with Crippen LogP contribution in [0.1, 0.15) is 0 Å². The molecule has 9 heteroatoms. The standard InChI is InChI=1S/C10H6BrCl2N3O2S/c11-6-1-9(10(13)15-3-6)19(17,18)16-8-2-7(12)4-14-5-8/h1-5,16H. The maximum absolute atomic E-state index is 12.2. The van der Waals surface area contributed by atoms with Gasteiger partial charge in [0.1, 0.15) is 10.0 Å². The SMILES string of the molecule is O=S(=O)(Nc1cncc(Cl)c1)c1cc(Br)cnc1Cl. The van der Waals surface area contributed by atoms with Crippen LogP contribution in [0.15, 0.2) is 40.1 Å². The predicted octanol–water partition coefficient (Wildman–Crippen LogP) is 3.35. The molecule has 0 saturated heterocycles. The molecule has 1 N–H and O–H groups in total. The van der Waals surface area contributed by atoms with Crippen molar-refractivity contribution in [3.63, 3.8) is 0 Å². The zero-order valence-corrected chi connectivity index (χ0v) is 13.1. The number of pyridine rings is 2. The first-order valence-electron chi connectivity index (χ1n) is 4.83. The highest BCUT2D eigenvalue weighted by molar-refractivity contribution is 9.10. The number of anilines is 1. The predicted molar refractivity (Wildman–Crippen MR) is 77.0 cm³/mol. The summed E-state index contributed by atoms with van der Waals surface area (Å²) in [7, 11) is -3.86. The summed E-state index contributed by atoms with van der Waals surface area (Å²) >= 11 is 14.7. The van der Waals surface area contributed by atoms with Crippen molar-refractivity contribution in [2.75, 3.05) is 4.72 Å². The van der Waals surface area contributed by atoms with Gasteiger partial charge in [0.05, 0.1) is 16.9 Å². The van der Waals surface area contributed by atoms with Crippen LogP contribution >= 0.6 is 39.1 Å². The maximum atomic E-state index is 12.2. The fourth-order valence-corrected chi connectivity index (χ4v) is 3.42. The average Bonchev–Trinajstić information content (AvgIpc) is 2.31. The molecule has 0 radical (unpaired) electrons. The van der Waals surface area contributed by atoms with Gasteiger partial charge in [0.25, 0.3) is 10.0 Å². The smallest absolute Gasteiger partial charge is 0.265 e. The summed E-state index contributed by atoms with van der Waals surface area (Å²) in [6.07, 6.45) is 4.14. The number of halogens is 3. The van der Waals surface area contributed by atoms with Crippen LogP contribution in [-0.2, 0) is 10.0 Å². The lowest BCUT2D eigenvalue weighted by Gasteiger charge is -2.09. The summed E-state index contributed by atoms with van der Waals surface area (Å²) in [6.45, 7) is 0. The van der Waals surface area contributed by atoms with Gasteiger partial charge in [-0.2, -0.15) is 0 Å². The van der Waals surface area contributed by atoms with Crippen molar-refractivity contribution in [2.45, 2.75) is 4.90 Å². The van der Waals surface area contributed by atoms with Crippen LogP contribution in [0, 0.1) is 0 Å². The Hall–Kier alpha value is -0.890. The number of nitrogens with one attached hydrogen (secondary N) is 1. The van der Waals surface area contributed by atoms with Crippen molar-refractivity contribution in [2.24, 2.45) is 0 Å². The molecule has 2 aromatic rings. The van der Waals surface area contributed by atoms with Gasteiger partial charge in [0.15, 0.2) is 0 Å². The molecule has 0 aromatic carbocycles. The van der Waals surface area contributed by atoms with Crippen LogP contribution in [0.5, 0.6) is 0 Å². The van der Waals surface area contributed by atoms with E-state index in [1.54, 1.807) is 0 Å². The van der Waals surface area contributed by atoms with E-state index in [0.717, 1.165) is 0 Å². The number of sulfonamides is 1. The Morgan fingerprint density at radius 1 is 1.16 bits per heavy atom. The number of nitrogens with zero attached hydrogens (tertiary/aromatic N) is 2. The third kappa shape index (κ3) is 3.56. The second-order valence-electron chi connectivity index (χ2n) is 3.44. The molecular weight excluding hydrogens is 377 g/mol. The molecule has 100 valence electrons. The fraction of sp³-hybridized carbons (Fsp3) is 0. The number of aromatic nitrogens is 2. The number of hydrogen-bond acceptors (Lipinski definition) is 4. The zero-order chi connectivity index (χ0) is 14.0. The third-order valence-corrected chi connectivity index (χ3v) is 4.47. The molecule has 0 atom stereocenters. The van der Waals surface area contributed by atoms with Gasteiger partial charge in [-0.3, -0.25) is 9.71 Å². The Morgan fingerprint density at radius 2 is 1.89 bits per heavy atom. The van der Waals surface area contributed by atoms with Crippen molar-refractivity contribution in [3.05, 3.63) is 45.4 Å². The molecule has 2 aromatic heterocycles. The molecule has 0 bridgehead atoms. The second kappa shape index (κ2) is 5.62. The van der Waals surface area contributed by atoms with Crippen molar-refractivity contribution in [1.82, 2.24) is 9.97 Å². The monoisotopic (exact) mass is 381 g/mol. The largest absolute Gasteiger partial charge is 0.278 e. The zero-order valence-electron chi connectivity index (χ0n) is 9.14. The Labute approximate surface area is 128 Å². The summed E-state index contributed by atoms with van der Waals surface area (Å²) in [5.74, 6) is 0. The lowest BCUT2D eigenvalue weighted by molar-refractivity contribution is 0.601. The van der Waals surface area contributed by atoms with Gasteiger partial charge in [-0.15, -0.1) is 0 Å². The molecule has 0 aliphatic rings. The normalized spacial score (nSPS) is 11.3. The molecule has 0 spiro atoms. The van der Waals surface area contributed by atoms with E-state index in [2.05, 4.69) is 30.6 Å². The van der Waals surface area contributed by atoms with E-state index in [0.29, 0.717) is 9.50 Å². The lowest BCUT2D eigenvalue weighted by Crippen LogP contribution is -2.14. The summed E-state index contributed by atoms with van der Waals surface area (Å²) in [5.41, 5.74) is 0.239. The van der Waals surface area contributed by atoms with Gasteiger partial charge < -0.3 is 0 Å². The molecule has 0 unspecified atom stereocenters. The van der Waals surface area contributed by atoms with E-state index < -0.39 is 10.0 Å². The topological polar surface area (TPSA) is 72.0 Å². The Kier molecular flexibility index (Phi) is 4.29. The first-order valence-corrected chi connectivity index (χ1v) is 7.86. The van der Waals surface area contributed by atoms with E-state index in [9.17, 15) is 8.42 Å². The van der Waals surface area contributed by atoms with Gasteiger partial charge in [-0.25, -0.2) is 13.4 Å². The minimum atomic E-state index is -3.86. The molecule has 2 rings (SSSR count). The Bertz CT molecular complexity index is 724. The van der Waals surface area contributed by atoms with Gasteiger partial charge >= 0.3 is 0 Å². The van der Waals surface area contributed by atoms with Crippen molar-refractivity contribution in [1.29, 1.82) is 0 Å². The van der Waals surface area contributed by atoms with Crippen LogP contribution in [0.2, 0.25) is 10.2 Å². The van der Waals surface area contributed by atoms with Crippen LogP contribution < -0.4 is 4.72 Å². The molecular formula is C10H6BrCl2N3O2S. The molecule has 0 amide bonds. The van der Waals surface area contributed by atoms with E-state index >= 15 is 0 Å². The van der Waals surface area contributed by atoms with Gasteiger partial charge in [0, 0.05) is 16.9 Å². The van der Waals surface area contributed by atoms with Crippen molar-refractivity contribution >= 4 is 54.8 Å².